The zero-order chi connectivity index (χ0) is 12.4. The van der Waals surface area contributed by atoms with Gasteiger partial charge in [-0.15, -0.1) is 0 Å². The van der Waals surface area contributed by atoms with Crippen molar-refractivity contribution in [2.24, 2.45) is 0 Å². The molecule has 0 radical (unpaired) electrons. The van der Waals surface area contributed by atoms with Crippen molar-refractivity contribution in [3.63, 3.8) is 0 Å². The molecule has 1 aliphatic rings. The zero-order valence-corrected chi connectivity index (χ0v) is 9.85. The SMILES string of the molecule is O=C(O)C1CCCN1C(=O)c1ccc(Cl)cc1. The van der Waals surface area contributed by atoms with Gasteiger partial charge in [-0.3, -0.25) is 4.79 Å². The second-order valence-corrected chi connectivity index (χ2v) is 4.44. The van der Waals surface area contributed by atoms with E-state index in [-0.39, 0.29) is 5.91 Å². The van der Waals surface area contributed by atoms with Crippen molar-refractivity contribution in [2.75, 3.05) is 6.54 Å². The number of carboxylic acids is 1. The lowest BCUT2D eigenvalue weighted by molar-refractivity contribution is -0.141. The van der Waals surface area contributed by atoms with Gasteiger partial charge in [0.2, 0.25) is 0 Å². The monoisotopic (exact) mass is 253 g/mol. The van der Waals surface area contributed by atoms with Crippen molar-refractivity contribution in [3.05, 3.63) is 34.9 Å². The van der Waals surface area contributed by atoms with Crippen molar-refractivity contribution in [2.45, 2.75) is 18.9 Å². The number of likely N-dealkylation sites (tertiary alicyclic amines) is 1. The lowest BCUT2D eigenvalue weighted by Crippen LogP contribution is -2.40. The summed E-state index contributed by atoms with van der Waals surface area (Å²) >= 11 is 5.74. The van der Waals surface area contributed by atoms with Gasteiger partial charge in [-0.25, -0.2) is 4.79 Å². The summed E-state index contributed by atoms with van der Waals surface area (Å²) in [5.41, 5.74) is 0.475. The lowest BCUT2D eigenvalue weighted by Gasteiger charge is -2.21. The first-order valence-electron chi connectivity index (χ1n) is 5.39. The number of carbonyl (C=O) groups excluding carboxylic acids is 1. The Kier molecular flexibility index (Phi) is 3.33. The highest BCUT2D eigenvalue weighted by atomic mass is 35.5. The molecule has 90 valence electrons. The van der Waals surface area contributed by atoms with E-state index in [2.05, 4.69) is 0 Å². The van der Waals surface area contributed by atoms with E-state index in [0.29, 0.717) is 23.6 Å². The van der Waals surface area contributed by atoms with E-state index >= 15 is 0 Å². The highest BCUT2D eigenvalue weighted by molar-refractivity contribution is 6.30. The molecule has 1 aliphatic heterocycles. The minimum Gasteiger partial charge on any atom is -0.480 e. The molecule has 1 heterocycles. The smallest absolute Gasteiger partial charge is 0.326 e. The Morgan fingerprint density at radius 2 is 1.94 bits per heavy atom. The lowest BCUT2D eigenvalue weighted by atomic mass is 10.1. The summed E-state index contributed by atoms with van der Waals surface area (Å²) in [5, 5.41) is 9.56. The van der Waals surface area contributed by atoms with Crippen LogP contribution in [0.3, 0.4) is 0 Å². The predicted octanol–water partition coefficient (Wildman–Crippen LogP) is 2.03. The van der Waals surface area contributed by atoms with Crippen molar-refractivity contribution in [1.82, 2.24) is 4.90 Å². The van der Waals surface area contributed by atoms with Gasteiger partial charge in [0.25, 0.3) is 5.91 Å². The second kappa shape index (κ2) is 4.75. The number of halogens is 1. The first kappa shape index (κ1) is 11.9. The van der Waals surface area contributed by atoms with Gasteiger partial charge in [0.05, 0.1) is 0 Å². The molecule has 17 heavy (non-hydrogen) atoms. The molecule has 0 aromatic heterocycles. The van der Waals surface area contributed by atoms with Crippen LogP contribution in [-0.4, -0.2) is 34.5 Å². The normalized spacial score (nSPS) is 19.4. The van der Waals surface area contributed by atoms with Gasteiger partial charge in [0, 0.05) is 17.1 Å². The second-order valence-electron chi connectivity index (χ2n) is 4.00. The molecule has 0 saturated carbocycles. The fraction of sp³-hybridized carbons (Fsp3) is 0.333. The maximum atomic E-state index is 12.1. The molecule has 1 fully saturated rings. The molecule has 5 heteroatoms. The van der Waals surface area contributed by atoms with E-state index in [1.807, 2.05) is 0 Å². The van der Waals surface area contributed by atoms with Crippen LogP contribution in [0.1, 0.15) is 23.2 Å². The van der Waals surface area contributed by atoms with Crippen molar-refractivity contribution in [1.29, 1.82) is 0 Å². The number of rotatable bonds is 2. The summed E-state index contributed by atoms with van der Waals surface area (Å²) < 4.78 is 0. The molecule has 1 unspecified atom stereocenters. The summed E-state index contributed by atoms with van der Waals surface area (Å²) in [6, 6.07) is 5.78. The van der Waals surface area contributed by atoms with Gasteiger partial charge in [0.1, 0.15) is 6.04 Å². The molecule has 4 nitrogen and oxygen atoms in total. The van der Waals surface area contributed by atoms with Crippen LogP contribution in [0.4, 0.5) is 0 Å². The number of hydrogen-bond donors (Lipinski definition) is 1. The van der Waals surface area contributed by atoms with Gasteiger partial charge in [0.15, 0.2) is 0 Å². The van der Waals surface area contributed by atoms with Crippen LogP contribution in [0.2, 0.25) is 5.02 Å². The third-order valence-electron chi connectivity index (χ3n) is 2.89. The highest BCUT2D eigenvalue weighted by Gasteiger charge is 2.34. The molecule has 0 aliphatic carbocycles. The molecule has 1 saturated heterocycles. The Bertz CT molecular complexity index is 444. The Hall–Kier alpha value is -1.55. The molecule has 0 bridgehead atoms. The van der Waals surface area contributed by atoms with E-state index < -0.39 is 12.0 Å². The van der Waals surface area contributed by atoms with E-state index in [1.54, 1.807) is 24.3 Å². The molecule has 1 atom stereocenters. The Labute approximate surface area is 104 Å². The number of carboxylic acid groups (broad SMARTS) is 1. The van der Waals surface area contributed by atoms with Crippen LogP contribution >= 0.6 is 11.6 Å². The molecule has 2 rings (SSSR count). The number of aliphatic carboxylic acids is 1. The van der Waals surface area contributed by atoms with Gasteiger partial charge in [-0.2, -0.15) is 0 Å². The first-order chi connectivity index (χ1) is 8.09. The molecule has 1 N–H and O–H groups in total. The van der Waals surface area contributed by atoms with E-state index in [0.717, 1.165) is 6.42 Å². The van der Waals surface area contributed by atoms with Crippen molar-refractivity contribution in [3.8, 4) is 0 Å². The summed E-state index contributed by atoms with van der Waals surface area (Å²) in [4.78, 5) is 24.5. The average molecular weight is 254 g/mol. The summed E-state index contributed by atoms with van der Waals surface area (Å²) in [5.74, 6) is -1.18. The van der Waals surface area contributed by atoms with Crippen molar-refractivity contribution >= 4 is 23.5 Å². The first-order valence-corrected chi connectivity index (χ1v) is 5.77. The number of amides is 1. The molecular weight excluding hydrogens is 242 g/mol. The zero-order valence-electron chi connectivity index (χ0n) is 9.10. The summed E-state index contributed by atoms with van der Waals surface area (Å²) in [6.07, 6.45) is 1.25. The fourth-order valence-corrected chi connectivity index (χ4v) is 2.15. The maximum absolute atomic E-state index is 12.1. The largest absolute Gasteiger partial charge is 0.480 e. The Balaban J connectivity index is 2.19. The quantitative estimate of drug-likeness (QED) is 0.877. The van der Waals surface area contributed by atoms with Crippen LogP contribution in [0.25, 0.3) is 0 Å². The highest BCUT2D eigenvalue weighted by Crippen LogP contribution is 2.21. The Morgan fingerprint density at radius 3 is 2.53 bits per heavy atom. The molecule has 0 spiro atoms. The Morgan fingerprint density at radius 1 is 1.29 bits per heavy atom. The van der Waals surface area contributed by atoms with Crippen LogP contribution in [0.15, 0.2) is 24.3 Å². The number of hydrogen-bond acceptors (Lipinski definition) is 2. The molecular formula is C12H12ClNO3. The number of carbonyl (C=O) groups is 2. The third-order valence-corrected chi connectivity index (χ3v) is 3.14. The maximum Gasteiger partial charge on any atom is 0.326 e. The molecule has 1 aromatic carbocycles. The summed E-state index contributed by atoms with van der Waals surface area (Å²) in [7, 11) is 0. The van der Waals surface area contributed by atoms with E-state index in [4.69, 9.17) is 16.7 Å². The van der Waals surface area contributed by atoms with Crippen LogP contribution in [0.5, 0.6) is 0 Å². The standard InChI is InChI=1S/C12H12ClNO3/c13-9-5-3-8(4-6-9)11(15)14-7-1-2-10(14)12(16)17/h3-6,10H,1-2,7H2,(H,16,17). The van der Waals surface area contributed by atoms with Crippen molar-refractivity contribution < 1.29 is 14.7 Å². The average Bonchev–Trinajstić information content (AvgIpc) is 2.78. The summed E-state index contributed by atoms with van der Waals surface area (Å²) in [6.45, 7) is 0.498. The van der Waals surface area contributed by atoms with Crippen LogP contribution in [-0.2, 0) is 4.79 Å². The number of benzene rings is 1. The number of nitrogens with zero attached hydrogens (tertiary/aromatic N) is 1. The van der Waals surface area contributed by atoms with Gasteiger partial charge in [-0.05, 0) is 37.1 Å². The predicted molar refractivity (Wildman–Crippen MR) is 63.1 cm³/mol. The van der Waals surface area contributed by atoms with Crippen LogP contribution in [0, 0.1) is 0 Å². The minimum absolute atomic E-state index is 0.244. The van der Waals surface area contributed by atoms with Gasteiger partial charge in [-0.1, -0.05) is 11.6 Å². The van der Waals surface area contributed by atoms with E-state index in [9.17, 15) is 9.59 Å². The molecule has 1 aromatic rings. The topological polar surface area (TPSA) is 57.6 Å². The third kappa shape index (κ3) is 2.42. The van der Waals surface area contributed by atoms with Gasteiger partial charge < -0.3 is 10.0 Å². The molecule has 1 amide bonds. The van der Waals surface area contributed by atoms with Gasteiger partial charge >= 0.3 is 5.97 Å². The minimum atomic E-state index is -0.940. The van der Waals surface area contributed by atoms with Crippen LogP contribution < -0.4 is 0 Å². The van der Waals surface area contributed by atoms with E-state index in [1.165, 1.54) is 4.90 Å². The fourth-order valence-electron chi connectivity index (χ4n) is 2.02.